The topological polar surface area (TPSA) is 73.6 Å². The van der Waals surface area contributed by atoms with Crippen LogP contribution in [0.25, 0.3) is 6.08 Å². The second-order valence-electron chi connectivity index (χ2n) is 5.09. The molecular weight excluding hydrogens is 328 g/mol. The van der Waals surface area contributed by atoms with E-state index < -0.39 is 5.91 Å². The molecule has 0 saturated carbocycles. The van der Waals surface area contributed by atoms with Gasteiger partial charge in [-0.25, -0.2) is 5.84 Å². The number of hydrogen-bond donors (Lipinski definition) is 2. The van der Waals surface area contributed by atoms with E-state index in [9.17, 15) is 4.79 Å². The lowest BCUT2D eigenvalue weighted by Gasteiger charge is -2.14. The number of carbonyl (C=O) groups is 1. The minimum Gasteiger partial charge on any atom is -0.493 e. The van der Waals surface area contributed by atoms with Crippen molar-refractivity contribution < 1.29 is 14.3 Å². The Morgan fingerprint density at radius 3 is 2.75 bits per heavy atom. The molecule has 0 aliphatic carbocycles. The summed E-state index contributed by atoms with van der Waals surface area (Å²) in [5.74, 6) is 5.57. The Kier molecular flexibility index (Phi) is 6.23. The Morgan fingerprint density at radius 1 is 1.33 bits per heavy atom. The van der Waals surface area contributed by atoms with Gasteiger partial charge in [-0.05, 0) is 41.8 Å². The number of hydrogen-bond acceptors (Lipinski definition) is 4. The summed E-state index contributed by atoms with van der Waals surface area (Å²) in [7, 11) is 1.53. The molecule has 5 nitrogen and oxygen atoms in total. The summed E-state index contributed by atoms with van der Waals surface area (Å²) in [5.41, 5.74) is 4.92. The van der Waals surface area contributed by atoms with E-state index in [1.807, 2.05) is 36.6 Å². The number of hydrazine groups is 1. The number of nitrogens with one attached hydrogen (secondary N) is 1. The molecule has 3 N–H and O–H groups in total. The van der Waals surface area contributed by atoms with Crippen molar-refractivity contribution in [3.8, 4) is 11.5 Å². The molecular formula is C18H19ClN2O3. The van der Waals surface area contributed by atoms with Crippen LogP contribution in [0.15, 0.2) is 42.5 Å². The van der Waals surface area contributed by atoms with Crippen molar-refractivity contribution in [3.63, 3.8) is 0 Å². The van der Waals surface area contributed by atoms with Crippen molar-refractivity contribution in [1.82, 2.24) is 5.43 Å². The molecule has 0 radical (unpaired) electrons. The van der Waals surface area contributed by atoms with Gasteiger partial charge < -0.3 is 9.47 Å². The van der Waals surface area contributed by atoms with Gasteiger partial charge in [0.2, 0.25) is 0 Å². The fourth-order valence-electron chi connectivity index (χ4n) is 2.12. The van der Waals surface area contributed by atoms with Gasteiger partial charge in [0.25, 0.3) is 5.91 Å². The first-order valence-corrected chi connectivity index (χ1v) is 7.66. The molecule has 0 atom stereocenters. The van der Waals surface area contributed by atoms with Crippen LogP contribution in [0.4, 0.5) is 0 Å². The van der Waals surface area contributed by atoms with Gasteiger partial charge in [-0.1, -0.05) is 35.9 Å². The lowest BCUT2D eigenvalue weighted by molar-refractivity contribution is -0.116. The number of methoxy groups -OCH3 is 1. The SMILES string of the molecule is COc1cc(/C=C/C(=O)NN)cc(Cl)c1OCc1ccccc1C. The standard InChI is InChI=1S/C18H19ClN2O3/c1-12-5-3-4-6-14(12)11-24-18-15(19)9-13(10-16(18)23-2)7-8-17(22)21-20/h3-10H,11,20H2,1-2H3,(H,21,22)/b8-7+. The van der Waals surface area contributed by atoms with Crippen molar-refractivity contribution in [2.45, 2.75) is 13.5 Å². The molecule has 0 unspecified atom stereocenters. The quantitative estimate of drug-likeness (QED) is 0.364. The average Bonchev–Trinajstić information content (AvgIpc) is 2.59. The van der Waals surface area contributed by atoms with Crippen molar-refractivity contribution in [1.29, 1.82) is 0 Å². The molecule has 2 aromatic carbocycles. The number of aryl methyl sites for hydroxylation is 1. The van der Waals surface area contributed by atoms with E-state index in [0.717, 1.165) is 11.1 Å². The van der Waals surface area contributed by atoms with Crippen LogP contribution in [0.5, 0.6) is 11.5 Å². The van der Waals surface area contributed by atoms with Crippen LogP contribution in [0.1, 0.15) is 16.7 Å². The zero-order chi connectivity index (χ0) is 17.5. The third kappa shape index (κ3) is 4.50. The highest BCUT2D eigenvalue weighted by Gasteiger charge is 2.12. The van der Waals surface area contributed by atoms with E-state index in [0.29, 0.717) is 28.7 Å². The molecule has 0 aromatic heterocycles. The van der Waals surface area contributed by atoms with E-state index in [2.05, 4.69) is 0 Å². The number of benzene rings is 2. The lowest BCUT2D eigenvalue weighted by Crippen LogP contribution is -2.27. The molecule has 0 saturated heterocycles. The second-order valence-corrected chi connectivity index (χ2v) is 5.50. The molecule has 126 valence electrons. The van der Waals surface area contributed by atoms with Crippen LogP contribution in [0.3, 0.4) is 0 Å². The Labute approximate surface area is 146 Å². The van der Waals surface area contributed by atoms with E-state index in [1.165, 1.54) is 13.2 Å². The normalized spacial score (nSPS) is 10.7. The van der Waals surface area contributed by atoms with Crippen LogP contribution in [0, 0.1) is 6.92 Å². The fourth-order valence-corrected chi connectivity index (χ4v) is 2.39. The van der Waals surface area contributed by atoms with Gasteiger partial charge in [0.15, 0.2) is 11.5 Å². The first-order chi connectivity index (χ1) is 11.5. The summed E-state index contributed by atoms with van der Waals surface area (Å²) in [6.07, 6.45) is 2.89. The summed E-state index contributed by atoms with van der Waals surface area (Å²) < 4.78 is 11.2. The largest absolute Gasteiger partial charge is 0.493 e. The highest BCUT2D eigenvalue weighted by atomic mass is 35.5. The molecule has 6 heteroatoms. The molecule has 0 aliphatic rings. The van der Waals surface area contributed by atoms with Gasteiger partial charge >= 0.3 is 0 Å². The minimum absolute atomic E-state index is 0.382. The number of amides is 1. The van der Waals surface area contributed by atoms with Crippen molar-refractivity contribution >= 4 is 23.6 Å². The summed E-state index contributed by atoms with van der Waals surface area (Å²) in [4.78, 5) is 11.2. The monoisotopic (exact) mass is 346 g/mol. The molecule has 1 amide bonds. The summed E-state index contributed by atoms with van der Waals surface area (Å²) in [6.45, 7) is 2.40. The van der Waals surface area contributed by atoms with Crippen molar-refractivity contribution in [3.05, 3.63) is 64.2 Å². The molecule has 0 aliphatic heterocycles. The van der Waals surface area contributed by atoms with E-state index in [4.69, 9.17) is 26.9 Å². The smallest absolute Gasteiger partial charge is 0.257 e. The molecule has 0 spiro atoms. The lowest BCUT2D eigenvalue weighted by atomic mass is 10.1. The average molecular weight is 347 g/mol. The fraction of sp³-hybridized carbons (Fsp3) is 0.167. The maximum absolute atomic E-state index is 11.2. The highest BCUT2D eigenvalue weighted by molar-refractivity contribution is 6.32. The van der Waals surface area contributed by atoms with Gasteiger partial charge in [0.05, 0.1) is 12.1 Å². The number of nitrogens with two attached hydrogens (primary N) is 1. The second kappa shape index (κ2) is 8.38. The Morgan fingerprint density at radius 2 is 2.08 bits per heavy atom. The molecule has 0 bridgehead atoms. The van der Waals surface area contributed by atoms with Crippen molar-refractivity contribution in [2.24, 2.45) is 5.84 Å². The predicted molar refractivity (Wildman–Crippen MR) is 94.9 cm³/mol. The summed E-state index contributed by atoms with van der Waals surface area (Å²) in [5, 5.41) is 0.399. The first-order valence-electron chi connectivity index (χ1n) is 7.28. The van der Waals surface area contributed by atoms with Crippen LogP contribution in [-0.4, -0.2) is 13.0 Å². The van der Waals surface area contributed by atoms with Gasteiger partial charge in [-0.15, -0.1) is 0 Å². The maximum Gasteiger partial charge on any atom is 0.257 e. The van der Waals surface area contributed by atoms with Crippen molar-refractivity contribution in [2.75, 3.05) is 7.11 Å². The Hall–Kier alpha value is -2.50. The minimum atomic E-state index is -0.412. The van der Waals surface area contributed by atoms with E-state index >= 15 is 0 Å². The first kappa shape index (κ1) is 17.8. The van der Waals surface area contributed by atoms with Crippen LogP contribution < -0.4 is 20.7 Å². The molecule has 0 heterocycles. The number of rotatable bonds is 6. The van der Waals surface area contributed by atoms with Gasteiger partial charge in [-0.3, -0.25) is 10.2 Å². The highest BCUT2D eigenvalue weighted by Crippen LogP contribution is 2.37. The van der Waals surface area contributed by atoms with Gasteiger partial charge in [-0.2, -0.15) is 0 Å². The Balaban J connectivity index is 2.22. The summed E-state index contributed by atoms with van der Waals surface area (Å²) in [6, 6.07) is 11.4. The third-order valence-corrected chi connectivity index (χ3v) is 3.74. The zero-order valence-electron chi connectivity index (χ0n) is 13.5. The number of halogens is 1. The van der Waals surface area contributed by atoms with Gasteiger partial charge in [0, 0.05) is 6.08 Å². The molecule has 0 fully saturated rings. The third-order valence-electron chi connectivity index (χ3n) is 3.45. The maximum atomic E-state index is 11.2. The van der Waals surface area contributed by atoms with Crippen LogP contribution >= 0.6 is 11.6 Å². The molecule has 2 rings (SSSR count). The predicted octanol–water partition coefficient (Wildman–Crippen LogP) is 3.24. The molecule has 2 aromatic rings. The number of carbonyl (C=O) groups excluding carboxylic acids is 1. The van der Waals surface area contributed by atoms with Crippen LogP contribution in [-0.2, 0) is 11.4 Å². The van der Waals surface area contributed by atoms with Crippen LogP contribution in [0.2, 0.25) is 5.02 Å². The van der Waals surface area contributed by atoms with Gasteiger partial charge in [0.1, 0.15) is 6.61 Å². The Bertz CT molecular complexity index is 760. The zero-order valence-corrected chi connectivity index (χ0v) is 14.3. The van der Waals surface area contributed by atoms with E-state index in [-0.39, 0.29) is 0 Å². The van der Waals surface area contributed by atoms with E-state index in [1.54, 1.807) is 18.2 Å². The summed E-state index contributed by atoms with van der Waals surface area (Å²) >= 11 is 6.30. The molecule has 24 heavy (non-hydrogen) atoms. The number of ether oxygens (including phenoxy) is 2.